The molecule has 0 aliphatic heterocycles. The summed E-state index contributed by atoms with van der Waals surface area (Å²) in [7, 11) is 1.63. The molecule has 1 aliphatic rings. The summed E-state index contributed by atoms with van der Waals surface area (Å²) in [6, 6.07) is 3.60. The molecule has 18 heavy (non-hydrogen) atoms. The van der Waals surface area contributed by atoms with Crippen LogP contribution in [-0.4, -0.2) is 23.9 Å². The summed E-state index contributed by atoms with van der Waals surface area (Å²) in [6.07, 6.45) is 5.15. The average Bonchev–Trinajstić information content (AvgIpc) is 2.38. The lowest BCUT2D eigenvalue weighted by Crippen LogP contribution is -2.39. The summed E-state index contributed by atoms with van der Waals surface area (Å²) in [4.78, 5) is 13.6. The zero-order valence-electron chi connectivity index (χ0n) is 10.5. The van der Waals surface area contributed by atoms with Gasteiger partial charge in [-0.25, -0.2) is 8.78 Å². The number of hydrogen-bond acceptors (Lipinski definition) is 1. The minimum Gasteiger partial charge on any atom is -0.339 e. The lowest BCUT2D eigenvalue weighted by atomic mass is 9.94. The molecule has 0 heterocycles. The largest absolute Gasteiger partial charge is 0.339 e. The molecule has 0 aromatic heterocycles. The Hall–Kier alpha value is -1.45. The van der Waals surface area contributed by atoms with Gasteiger partial charge in [-0.05, 0) is 25.0 Å². The highest BCUT2D eigenvalue weighted by molar-refractivity contribution is 5.94. The number of hydrogen-bond donors (Lipinski definition) is 0. The first kappa shape index (κ1) is 13.0. The molecule has 2 rings (SSSR count). The Kier molecular flexibility index (Phi) is 3.94. The van der Waals surface area contributed by atoms with E-state index < -0.39 is 23.1 Å². The molecule has 4 heteroatoms. The van der Waals surface area contributed by atoms with E-state index in [0.717, 1.165) is 37.8 Å². The van der Waals surface area contributed by atoms with Crippen LogP contribution in [0.15, 0.2) is 18.2 Å². The molecule has 98 valence electrons. The van der Waals surface area contributed by atoms with Gasteiger partial charge in [-0.15, -0.1) is 0 Å². The molecule has 0 radical (unpaired) electrons. The van der Waals surface area contributed by atoms with Crippen molar-refractivity contribution in [3.05, 3.63) is 35.4 Å². The van der Waals surface area contributed by atoms with E-state index in [-0.39, 0.29) is 6.04 Å². The van der Waals surface area contributed by atoms with Gasteiger partial charge in [0.25, 0.3) is 5.91 Å². The molecule has 0 bridgehead atoms. The van der Waals surface area contributed by atoms with Crippen molar-refractivity contribution in [1.82, 2.24) is 4.90 Å². The second kappa shape index (κ2) is 5.46. The minimum absolute atomic E-state index is 0.102. The average molecular weight is 253 g/mol. The molecule has 1 amide bonds. The molecular weight excluding hydrogens is 236 g/mol. The predicted molar refractivity (Wildman–Crippen MR) is 65.3 cm³/mol. The third kappa shape index (κ3) is 2.52. The summed E-state index contributed by atoms with van der Waals surface area (Å²) in [5.74, 6) is -2.14. The summed E-state index contributed by atoms with van der Waals surface area (Å²) < 4.78 is 27.1. The topological polar surface area (TPSA) is 20.3 Å². The summed E-state index contributed by atoms with van der Waals surface area (Å²) in [5, 5.41) is 0. The number of carbonyl (C=O) groups is 1. The van der Waals surface area contributed by atoms with Gasteiger partial charge in [-0.1, -0.05) is 25.3 Å². The SMILES string of the molecule is CN(C(=O)c1c(F)cccc1F)C1CCCCC1. The van der Waals surface area contributed by atoms with Gasteiger partial charge in [-0.2, -0.15) is 0 Å². The third-order valence-electron chi connectivity index (χ3n) is 3.62. The number of carbonyl (C=O) groups excluding carboxylic acids is 1. The van der Waals surface area contributed by atoms with Gasteiger partial charge < -0.3 is 4.90 Å². The second-order valence-electron chi connectivity index (χ2n) is 4.80. The van der Waals surface area contributed by atoms with E-state index in [4.69, 9.17) is 0 Å². The summed E-state index contributed by atoms with van der Waals surface area (Å²) >= 11 is 0. The number of halogens is 2. The van der Waals surface area contributed by atoms with E-state index in [1.807, 2.05) is 0 Å². The van der Waals surface area contributed by atoms with Crippen LogP contribution in [0, 0.1) is 11.6 Å². The van der Waals surface area contributed by atoms with Crippen molar-refractivity contribution in [2.24, 2.45) is 0 Å². The van der Waals surface area contributed by atoms with Crippen molar-refractivity contribution in [2.75, 3.05) is 7.05 Å². The van der Waals surface area contributed by atoms with Gasteiger partial charge in [-0.3, -0.25) is 4.79 Å². The number of amides is 1. The number of nitrogens with zero attached hydrogens (tertiary/aromatic N) is 1. The van der Waals surface area contributed by atoms with Crippen molar-refractivity contribution in [2.45, 2.75) is 38.1 Å². The first-order valence-corrected chi connectivity index (χ1v) is 6.32. The van der Waals surface area contributed by atoms with Crippen molar-refractivity contribution in [3.63, 3.8) is 0 Å². The molecule has 2 nitrogen and oxygen atoms in total. The Balaban J connectivity index is 2.19. The molecule has 0 saturated heterocycles. The Morgan fingerprint density at radius 2 is 1.72 bits per heavy atom. The molecule has 0 atom stereocenters. The zero-order chi connectivity index (χ0) is 13.1. The van der Waals surface area contributed by atoms with Crippen LogP contribution >= 0.6 is 0 Å². The van der Waals surface area contributed by atoms with Crippen molar-refractivity contribution in [1.29, 1.82) is 0 Å². The van der Waals surface area contributed by atoms with Gasteiger partial charge in [0.2, 0.25) is 0 Å². The van der Waals surface area contributed by atoms with E-state index in [2.05, 4.69) is 0 Å². The van der Waals surface area contributed by atoms with Crippen molar-refractivity contribution >= 4 is 5.91 Å². The van der Waals surface area contributed by atoms with Gasteiger partial charge in [0.05, 0.1) is 0 Å². The van der Waals surface area contributed by atoms with E-state index in [1.54, 1.807) is 7.05 Å². The van der Waals surface area contributed by atoms with E-state index >= 15 is 0 Å². The van der Waals surface area contributed by atoms with Crippen LogP contribution in [0.5, 0.6) is 0 Å². The molecule has 1 aromatic carbocycles. The van der Waals surface area contributed by atoms with Crippen LogP contribution in [0.1, 0.15) is 42.5 Å². The quantitative estimate of drug-likeness (QED) is 0.791. The molecule has 1 saturated carbocycles. The van der Waals surface area contributed by atoms with E-state index in [0.29, 0.717) is 0 Å². The lowest BCUT2D eigenvalue weighted by Gasteiger charge is -2.31. The van der Waals surface area contributed by atoms with E-state index in [1.165, 1.54) is 17.4 Å². The fourth-order valence-corrected chi connectivity index (χ4v) is 2.51. The Morgan fingerprint density at radius 1 is 1.17 bits per heavy atom. The molecule has 0 spiro atoms. The molecule has 1 aromatic rings. The Morgan fingerprint density at radius 3 is 2.28 bits per heavy atom. The lowest BCUT2D eigenvalue weighted by molar-refractivity contribution is 0.0686. The molecule has 0 N–H and O–H groups in total. The second-order valence-corrected chi connectivity index (χ2v) is 4.80. The zero-order valence-corrected chi connectivity index (χ0v) is 10.5. The molecule has 1 fully saturated rings. The monoisotopic (exact) mass is 253 g/mol. The predicted octanol–water partition coefficient (Wildman–Crippen LogP) is 3.37. The highest BCUT2D eigenvalue weighted by Gasteiger charge is 2.26. The van der Waals surface area contributed by atoms with Crippen LogP contribution in [0.4, 0.5) is 8.78 Å². The van der Waals surface area contributed by atoms with Crippen LogP contribution in [0.2, 0.25) is 0 Å². The van der Waals surface area contributed by atoms with E-state index in [9.17, 15) is 13.6 Å². The van der Waals surface area contributed by atoms with Crippen LogP contribution in [0.3, 0.4) is 0 Å². The van der Waals surface area contributed by atoms with Crippen molar-refractivity contribution < 1.29 is 13.6 Å². The number of benzene rings is 1. The first-order chi connectivity index (χ1) is 8.61. The summed E-state index contributed by atoms with van der Waals surface area (Å²) in [5.41, 5.74) is -0.439. The highest BCUT2D eigenvalue weighted by atomic mass is 19.1. The fourth-order valence-electron chi connectivity index (χ4n) is 2.51. The number of rotatable bonds is 2. The summed E-state index contributed by atoms with van der Waals surface area (Å²) in [6.45, 7) is 0. The highest BCUT2D eigenvalue weighted by Crippen LogP contribution is 2.24. The minimum atomic E-state index is -0.789. The smallest absolute Gasteiger partial charge is 0.259 e. The maximum atomic E-state index is 13.5. The van der Waals surface area contributed by atoms with Crippen LogP contribution in [-0.2, 0) is 0 Å². The fraction of sp³-hybridized carbons (Fsp3) is 0.500. The molecule has 0 unspecified atom stereocenters. The van der Waals surface area contributed by atoms with Crippen molar-refractivity contribution in [3.8, 4) is 0 Å². The van der Waals surface area contributed by atoms with Crippen LogP contribution < -0.4 is 0 Å². The Labute approximate surface area is 106 Å². The third-order valence-corrected chi connectivity index (χ3v) is 3.62. The van der Waals surface area contributed by atoms with Gasteiger partial charge >= 0.3 is 0 Å². The van der Waals surface area contributed by atoms with Gasteiger partial charge in [0.1, 0.15) is 17.2 Å². The first-order valence-electron chi connectivity index (χ1n) is 6.32. The van der Waals surface area contributed by atoms with Crippen LogP contribution in [0.25, 0.3) is 0 Å². The Bertz CT molecular complexity index is 421. The maximum Gasteiger partial charge on any atom is 0.259 e. The van der Waals surface area contributed by atoms with Gasteiger partial charge in [0, 0.05) is 13.1 Å². The maximum absolute atomic E-state index is 13.5. The normalized spacial score (nSPS) is 16.6. The van der Waals surface area contributed by atoms with Gasteiger partial charge in [0.15, 0.2) is 0 Å². The molecule has 1 aliphatic carbocycles. The standard InChI is InChI=1S/C14H17F2NO/c1-17(10-6-3-2-4-7-10)14(18)13-11(15)8-5-9-12(13)16/h5,8-10H,2-4,6-7H2,1H3. The molecular formula is C14H17F2NO.